The van der Waals surface area contributed by atoms with Crippen molar-refractivity contribution in [2.24, 2.45) is 7.05 Å². The molecular weight excluding hydrogens is 318 g/mol. The number of allylic oxidation sites excluding steroid dienone is 1. The Kier molecular flexibility index (Phi) is 5.86. The highest BCUT2D eigenvalue weighted by Crippen LogP contribution is 2.29. The van der Waals surface area contributed by atoms with Crippen LogP contribution in [-0.4, -0.2) is 71.1 Å². The van der Waals surface area contributed by atoms with Crippen molar-refractivity contribution in [1.29, 1.82) is 0 Å². The van der Waals surface area contributed by atoms with Crippen LogP contribution in [0.15, 0.2) is 11.6 Å². The van der Waals surface area contributed by atoms with Crippen molar-refractivity contribution in [3.05, 3.63) is 23.0 Å². The molecule has 7 heteroatoms. The van der Waals surface area contributed by atoms with Gasteiger partial charge in [0.05, 0.1) is 25.5 Å². The van der Waals surface area contributed by atoms with Gasteiger partial charge >= 0.3 is 0 Å². The van der Waals surface area contributed by atoms with Gasteiger partial charge in [0.25, 0.3) is 0 Å². The number of fused-ring (bicyclic) bond motifs is 1. The predicted octanol–water partition coefficient (Wildman–Crippen LogP) is 1.32. The maximum atomic E-state index is 12.9. The molecule has 0 unspecified atom stereocenters. The first-order chi connectivity index (χ1) is 12.1. The molecule has 0 aromatic carbocycles. The molecule has 0 saturated carbocycles. The molecule has 0 spiro atoms. The largest absolute Gasteiger partial charge is 0.379 e. The summed E-state index contributed by atoms with van der Waals surface area (Å²) in [6.45, 7) is 3.38. The Morgan fingerprint density at radius 2 is 2.24 bits per heavy atom. The maximum Gasteiger partial charge on any atom is 0.249 e. The highest BCUT2D eigenvalue weighted by atomic mass is 16.5. The molecule has 1 aliphatic carbocycles. The normalized spacial score (nSPS) is 20.6. The Hall–Kier alpha value is -1.73. The minimum absolute atomic E-state index is 0.124. The van der Waals surface area contributed by atoms with E-state index in [9.17, 15) is 4.79 Å². The number of amides is 1. The number of rotatable bonds is 6. The Morgan fingerprint density at radius 1 is 1.40 bits per heavy atom. The van der Waals surface area contributed by atoms with E-state index in [1.165, 1.54) is 6.42 Å². The molecule has 0 bridgehead atoms. The summed E-state index contributed by atoms with van der Waals surface area (Å²) in [6, 6.07) is 0. The molecule has 1 amide bonds. The Labute approximate surface area is 149 Å². The molecule has 7 nitrogen and oxygen atoms in total. The third-order valence-corrected chi connectivity index (χ3v) is 4.97. The highest BCUT2D eigenvalue weighted by Gasteiger charge is 2.33. The molecule has 1 aromatic rings. The number of aryl methyl sites for hydroxylation is 1. The summed E-state index contributed by atoms with van der Waals surface area (Å²) in [6.07, 6.45) is 6.32. The summed E-state index contributed by atoms with van der Waals surface area (Å²) in [5.41, 5.74) is 2.97. The number of carbonyl (C=O) groups is 1. The molecule has 3 rings (SSSR count). The van der Waals surface area contributed by atoms with Gasteiger partial charge in [-0.05, 0) is 39.8 Å². The van der Waals surface area contributed by atoms with E-state index in [0.29, 0.717) is 26.3 Å². The van der Waals surface area contributed by atoms with E-state index in [0.717, 1.165) is 42.8 Å². The highest BCUT2D eigenvalue weighted by molar-refractivity contribution is 5.93. The van der Waals surface area contributed by atoms with Crippen molar-refractivity contribution >= 4 is 5.91 Å². The molecule has 1 aromatic heterocycles. The number of carbonyl (C=O) groups excluding carboxylic acids is 1. The van der Waals surface area contributed by atoms with E-state index in [1.54, 1.807) is 0 Å². The van der Waals surface area contributed by atoms with Crippen molar-refractivity contribution < 1.29 is 9.53 Å². The first-order valence-electron chi connectivity index (χ1n) is 9.15. The first kappa shape index (κ1) is 18.1. The van der Waals surface area contributed by atoms with Gasteiger partial charge in [0.2, 0.25) is 5.91 Å². The van der Waals surface area contributed by atoms with Crippen molar-refractivity contribution in [2.75, 3.05) is 40.4 Å². The van der Waals surface area contributed by atoms with E-state index in [2.05, 4.69) is 21.3 Å². The van der Waals surface area contributed by atoms with E-state index in [-0.39, 0.29) is 11.8 Å². The van der Waals surface area contributed by atoms with Crippen LogP contribution in [0.2, 0.25) is 0 Å². The summed E-state index contributed by atoms with van der Waals surface area (Å²) in [5, 5.41) is 8.44. The van der Waals surface area contributed by atoms with Crippen LogP contribution < -0.4 is 0 Å². The third kappa shape index (κ3) is 4.27. The van der Waals surface area contributed by atoms with Crippen LogP contribution in [0.25, 0.3) is 0 Å². The second-order valence-corrected chi connectivity index (χ2v) is 7.28. The van der Waals surface area contributed by atoms with Gasteiger partial charge in [0.15, 0.2) is 0 Å². The lowest BCUT2D eigenvalue weighted by Gasteiger charge is -2.33. The molecule has 25 heavy (non-hydrogen) atoms. The molecule has 1 atom stereocenters. The molecule has 0 fully saturated rings. The molecule has 0 N–H and O–H groups in total. The van der Waals surface area contributed by atoms with E-state index >= 15 is 0 Å². The maximum absolute atomic E-state index is 12.9. The summed E-state index contributed by atoms with van der Waals surface area (Å²) in [5.74, 6) is 0.286. The van der Waals surface area contributed by atoms with E-state index in [4.69, 9.17) is 4.74 Å². The van der Waals surface area contributed by atoms with Crippen LogP contribution in [-0.2, 0) is 23.1 Å². The zero-order chi connectivity index (χ0) is 17.8. The number of likely N-dealkylation sites (N-methyl/N-ethyl adjacent to an activating group) is 1. The molecule has 2 heterocycles. The third-order valence-electron chi connectivity index (χ3n) is 4.97. The average molecular weight is 347 g/mol. The topological polar surface area (TPSA) is 63.5 Å². The summed E-state index contributed by atoms with van der Waals surface area (Å²) in [4.78, 5) is 16.9. The van der Waals surface area contributed by atoms with Crippen LogP contribution in [0, 0.1) is 0 Å². The van der Waals surface area contributed by atoms with Crippen LogP contribution in [0.5, 0.6) is 0 Å². The predicted molar refractivity (Wildman–Crippen MR) is 95.1 cm³/mol. The SMILES string of the molecule is CN(C)CCOC[C@H]1CN(C(=O)C2=CCCCC2)Cc2nnn(C)c21. The zero-order valence-electron chi connectivity index (χ0n) is 15.6. The molecule has 0 radical (unpaired) electrons. The number of hydrogen-bond donors (Lipinski definition) is 0. The standard InChI is InChI=1S/C18H29N5O2/c1-21(2)9-10-25-13-15-11-23(12-16-17(15)22(3)20-19-16)18(24)14-7-5-4-6-8-14/h7,15H,4-6,8-13H2,1-3H3/t15-/m1/s1. The average Bonchev–Trinajstić information content (AvgIpc) is 2.99. The number of nitrogens with zero attached hydrogens (tertiary/aromatic N) is 5. The van der Waals surface area contributed by atoms with Gasteiger partial charge in [-0.2, -0.15) is 0 Å². The fourth-order valence-corrected chi connectivity index (χ4v) is 3.61. The van der Waals surface area contributed by atoms with Gasteiger partial charge in [-0.3, -0.25) is 9.48 Å². The van der Waals surface area contributed by atoms with Crippen LogP contribution >= 0.6 is 0 Å². The van der Waals surface area contributed by atoms with Crippen molar-refractivity contribution in [3.8, 4) is 0 Å². The summed E-state index contributed by atoms with van der Waals surface area (Å²) in [7, 11) is 5.98. The van der Waals surface area contributed by atoms with Gasteiger partial charge in [-0.15, -0.1) is 5.10 Å². The lowest BCUT2D eigenvalue weighted by molar-refractivity contribution is -0.129. The second kappa shape index (κ2) is 8.10. The van der Waals surface area contributed by atoms with Crippen LogP contribution in [0.1, 0.15) is 43.0 Å². The molecular formula is C18H29N5O2. The summed E-state index contributed by atoms with van der Waals surface area (Å²) < 4.78 is 7.71. The fraction of sp³-hybridized carbons (Fsp3) is 0.722. The minimum atomic E-state index is 0.124. The molecule has 1 aliphatic heterocycles. The second-order valence-electron chi connectivity index (χ2n) is 7.28. The lowest BCUT2D eigenvalue weighted by Crippen LogP contribution is -2.41. The quantitative estimate of drug-likeness (QED) is 0.726. The summed E-state index contributed by atoms with van der Waals surface area (Å²) >= 11 is 0. The van der Waals surface area contributed by atoms with Gasteiger partial charge in [-0.1, -0.05) is 11.3 Å². The lowest BCUT2D eigenvalue weighted by atomic mass is 9.95. The van der Waals surface area contributed by atoms with Crippen LogP contribution in [0.4, 0.5) is 0 Å². The van der Waals surface area contributed by atoms with Crippen molar-refractivity contribution in [1.82, 2.24) is 24.8 Å². The first-order valence-corrected chi connectivity index (χ1v) is 9.15. The van der Waals surface area contributed by atoms with Gasteiger partial charge in [-0.25, -0.2) is 0 Å². The smallest absolute Gasteiger partial charge is 0.249 e. The van der Waals surface area contributed by atoms with Gasteiger partial charge in [0, 0.05) is 31.6 Å². The number of hydrogen-bond acceptors (Lipinski definition) is 5. The Morgan fingerprint density at radius 3 is 2.96 bits per heavy atom. The molecule has 2 aliphatic rings. The van der Waals surface area contributed by atoms with Gasteiger partial charge < -0.3 is 14.5 Å². The Balaban J connectivity index is 1.69. The Bertz CT molecular complexity index is 637. The van der Waals surface area contributed by atoms with E-state index in [1.807, 2.05) is 30.7 Å². The zero-order valence-corrected chi connectivity index (χ0v) is 15.6. The fourth-order valence-electron chi connectivity index (χ4n) is 3.61. The molecule has 0 saturated heterocycles. The van der Waals surface area contributed by atoms with Crippen molar-refractivity contribution in [3.63, 3.8) is 0 Å². The van der Waals surface area contributed by atoms with Gasteiger partial charge in [0.1, 0.15) is 5.69 Å². The number of ether oxygens (including phenoxy) is 1. The van der Waals surface area contributed by atoms with E-state index < -0.39 is 0 Å². The molecule has 138 valence electrons. The monoisotopic (exact) mass is 347 g/mol. The van der Waals surface area contributed by atoms with Crippen molar-refractivity contribution in [2.45, 2.75) is 38.1 Å². The minimum Gasteiger partial charge on any atom is -0.379 e. The van der Waals surface area contributed by atoms with Crippen LogP contribution in [0.3, 0.4) is 0 Å². The number of aromatic nitrogens is 3.